The molecule has 1 aromatic carbocycles. The maximum absolute atomic E-state index is 13.0. The number of alkyl halides is 5. The minimum absolute atomic E-state index is 0.159. The van der Waals surface area contributed by atoms with Crippen LogP contribution in [0.25, 0.3) is 0 Å². The van der Waals surface area contributed by atoms with Crippen molar-refractivity contribution in [1.29, 1.82) is 0 Å². The van der Waals surface area contributed by atoms with Crippen molar-refractivity contribution in [3.63, 3.8) is 0 Å². The van der Waals surface area contributed by atoms with E-state index in [9.17, 15) is 31.5 Å². The first-order valence-electron chi connectivity index (χ1n) is 7.73. The maximum atomic E-state index is 13.0. The predicted molar refractivity (Wildman–Crippen MR) is 84.4 cm³/mol. The molecule has 0 bridgehead atoms. The summed E-state index contributed by atoms with van der Waals surface area (Å²) in [5.74, 6) is -2.43. The lowest BCUT2D eigenvalue weighted by Crippen LogP contribution is -2.31. The molecule has 1 aliphatic heterocycles. The monoisotopic (exact) mass is 410 g/mol. The van der Waals surface area contributed by atoms with Crippen LogP contribution >= 0.6 is 0 Å². The average Bonchev–Trinajstić information content (AvgIpc) is 2.91. The quantitative estimate of drug-likeness (QED) is 0.528. The van der Waals surface area contributed by atoms with Crippen molar-refractivity contribution in [3.8, 4) is 5.75 Å². The number of aliphatic hydroxyl groups excluding tert-OH is 1. The number of rotatable bonds is 7. The summed E-state index contributed by atoms with van der Waals surface area (Å²) in [6.45, 7) is -4.21. The lowest BCUT2D eigenvalue weighted by Gasteiger charge is -2.17. The van der Waals surface area contributed by atoms with Gasteiger partial charge >= 0.3 is 18.8 Å². The van der Waals surface area contributed by atoms with Gasteiger partial charge in [-0.1, -0.05) is 0 Å². The van der Waals surface area contributed by atoms with Crippen LogP contribution in [0.1, 0.15) is 5.56 Å². The minimum Gasteiger partial charge on any atom is -0.466 e. The van der Waals surface area contributed by atoms with Gasteiger partial charge in [0.05, 0.1) is 37.1 Å². The van der Waals surface area contributed by atoms with Crippen LogP contribution in [0.4, 0.5) is 27.6 Å². The third-order valence-electron chi connectivity index (χ3n) is 3.74. The number of halogens is 5. The molecule has 0 radical (unpaired) electrons. The molecular weight excluding hydrogens is 395 g/mol. The highest BCUT2D eigenvalue weighted by Crippen LogP contribution is 2.37. The Kier molecular flexibility index (Phi) is 6.44. The number of anilines is 1. The summed E-state index contributed by atoms with van der Waals surface area (Å²) in [7, 11) is 1.03. The van der Waals surface area contributed by atoms with Crippen molar-refractivity contribution in [3.05, 3.63) is 35.0 Å². The van der Waals surface area contributed by atoms with Gasteiger partial charge in [-0.25, -0.2) is 4.79 Å². The fourth-order valence-electron chi connectivity index (χ4n) is 2.49. The van der Waals surface area contributed by atoms with Crippen LogP contribution in [-0.2, 0) is 20.5 Å². The Bertz CT molecular complexity index is 794. The van der Waals surface area contributed by atoms with E-state index >= 15 is 0 Å². The van der Waals surface area contributed by atoms with Crippen molar-refractivity contribution < 1.29 is 46.1 Å². The Morgan fingerprint density at radius 1 is 1.36 bits per heavy atom. The Labute approximate surface area is 155 Å². The third kappa shape index (κ3) is 4.68. The topological polar surface area (TPSA) is 88.1 Å². The lowest BCUT2D eigenvalue weighted by molar-refractivity contribution is -0.138. The number of benzene rings is 1. The van der Waals surface area contributed by atoms with Crippen molar-refractivity contribution in [2.75, 3.05) is 32.1 Å². The zero-order chi connectivity index (χ0) is 21.1. The SMILES string of the molecule is COC(=O)C1=C(Nc2cc(C(F)(F)F)ccc2OC(F)F)C(=O)N(CCO)C1. The fraction of sp³-hybridized carbons (Fsp3) is 0.375. The van der Waals surface area contributed by atoms with Crippen LogP contribution in [0.2, 0.25) is 0 Å². The van der Waals surface area contributed by atoms with Crippen molar-refractivity contribution in [2.24, 2.45) is 0 Å². The Hall–Kier alpha value is -2.89. The molecule has 12 heteroatoms. The van der Waals surface area contributed by atoms with E-state index in [1.54, 1.807) is 0 Å². The molecule has 0 aliphatic carbocycles. The number of nitrogens with one attached hydrogen (secondary N) is 1. The minimum atomic E-state index is -4.79. The van der Waals surface area contributed by atoms with E-state index in [0.717, 1.165) is 12.0 Å². The van der Waals surface area contributed by atoms with Gasteiger partial charge in [0.1, 0.15) is 11.4 Å². The molecule has 0 aromatic heterocycles. The van der Waals surface area contributed by atoms with Crippen LogP contribution in [0, 0.1) is 0 Å². The van der Waals surface area contributed by atoms with E-state index in [1.165, 1.54) is 0 Å². The molecule has 154 valence electrons. The second-order valence-corrected chi connectivity index (χ2v) is 5.51. The zero-order valence-corrected chi connectivity index (χ0v) is 14.3. The van der Waals surface area contributed by atoms with Crippen molar-refractivity contribution in [1.82, 2.24) is 4.90 Å². The van der Waals surface area contributed by atoms with Crippen LogP contribution in [0.3, 0.4) is 0 Å². The van der Waals surface area contributed by atoms with Gasteiger partial charge in [0.2, 0.25) is 0 Å². The number of ether oxygens (including phenoxy) is 2. The first kappa shape index (κ1) is 21.4. The number of nitrogens with zero attached hydrogens (tertiary/aromatic N) is 1. The molecule has 0 saturated carbocycles. The van der Waals surface area contributed by atoms with Gasteiger partial charge in [0.25, 0.3) is 5.91 Å². The summed E-state index contributed by atoms with van der Waals surface area (Å²) < 4.78 is 72.8. The lowest BCUT2D eigenvalue weighted by atomic mass is 10.1. The Balaban J connectivity index is 2.49. The number of hydrogen-bond acceptors (Lipinski definition) is 6. The average molecular weight is 410 g/mol. The number of β-amino-alcohol motifs (C(OH)–C–C–N with tert-alkyl or cyclic N) is 1. The second kappa shape index (κ2) is 8.42. The summed E-state index contributed by atoms with van der Waals surface area (Å²) in [4.78, 5) is 25.4. The predicted octanol–water partition coefficient (Wildman–Crippen LogP) is 1.98. The molecule has 1 amide bonds. The molecule has 0 unspecified atom stereocenters. The van der Waals surface area contributed by atoms with Crippen molar-refractivity contribution in [2.45, 2.75) is 12.8 Å². The first-order chi connectivity index (χ1) is 13.1. The highest BCUT2D eigenvalue weighted by atomic mass is 19.4. The normalized spacial score (nSPS) is 14.7. The van der Waals surface area contributed by atoms with Gasteiger partial charge in [-0.2, -0.15) is 22.0 Å². The van der Waals surface area contributed by atoms with Crippen LogP contribution < -0.4 is 10.1 Å². The van der Waals surface area contributed by atoms with Gasteiger partial charge in [-0.15, -0.1) is 0 Å². The number of esters is 1. The number of hydrogen-bond donors (Lipinski definition) is 2. The van der Waals surface area contributed by atoms with Gasteiger partial charge in [-0.3, -0.25) is 4.79 Å². The maximum Gasteiger partial charge on any atom is 0.416 e. The summed E-state index contributed by atoms with van der Waals surface area (Å²) in [6, 6.07) is 1.68. The van der Waals surface area contributed by atoms with Crippen LogP contribution in [-0.4, -0.2) is 55.3 Å². The van der Waals surface area contributed by atoms with E-state index in [0.29, 0.717) is 18.2 Å². The molecule has 1 aliphatic rings. The van der Waals surface area contributed by atoms with E-state index < -0.39 is 54.0 Å². The summed E-state index contributed by atoms with van der Waals surface area (Å²) in [5, 5.41) is 11.3. The summed E-state index contributed by atoms with van der Waals surface area (Å²) in [5.41, 5.74) is -2.47. The van der Waals surface area contributed by atoms with E-state index in [1.807, 2.05) is 0 Å². The molecule has 0 saturated heterocycles. The molecule has 2 N–H and O–H groups in total. The molecule has 7 nitrogen and oxygen atoms in total. The van der Waals surface area contributed by atoms with Gasteiger partial charge in [0, 0.05) is 6.54 Å². The standard InChI is InChI=1S/C16H15F5N2O5/c1-27-14(26)9-7-23(4-5-24)13(25)12(9)22-10-6-8(16(19,20)21)2-3-11(10)28-15(17)18/h2-3,6,15,22,24H,4-5,7H2,1H3. The second-order valence-electron chi connectivity index (χ2n) is 5.51. The first-order valence-corrected chi connectivity index (χ1v) is 7.73. The zero-order valence-electron chi connectivity index (χ0n) is 14.3. The summed E-state index contributed by atoms with van der Waals surface area (Å²) >= 11 is 0. The molecule has 0 fully saturated rings. The Morgan fingerprint density at radius 2 is 2.04 bits per heavy atom. The number of methoxy groups -OCH3 is 1. The molecule has 0 spiro atoms. The van der Waals surface area contributed by atoms with E-state index in [-0.39, 0.29) is 18.7 Å². The number of aliphatic hydroxyl groups is 1. The third-order valence-corrected chi connectivity index (χ3v) is 3.74. The molecular formula is C16H15F5N2O5. The van der Waals surface area contributed by atoms with Crippen molar-refractivity contribution >= 4 is 17.6 Å². The largest absolute Gasteiger partial charge is 0.466 e. The van der Waals surface area contributed by atoms with Gasteiger partial charge in [0.15, 0.2) is 0 Å². The highest BCUT2D eigenvalue weighted by molar-refractivity contribution is 6.08. The fourth-order valence-corrected chi connectivity index (χ4v) is 2.49. The highest BCUT2D eigenvalue weighted by Gasteiger charge is 2.36. The smallest absolute Gasteiger partial charge is 0.416 e. The summed E-state index contributed by atoms with van der Waals surface area (Å²) in [6.07, 6.45) is -4.79. The van der Waals surface area contributed by atoms with Gasteiger partial charge < -0.3 is 24.8 Å². The number of carbonyl (C=O) groups is 2. The Morgan fingerprint density at radius 3 is 2.57 bits per heavy atom. The number of carbonyl (C=O) groups excluding carboxylic acids is 2. The molecule has 1 aromatic rings. The van der Waals surface area contributed by atoms with Crippen LogP contribution in [0.15, 0.2) is 29.5 Å². The van der Waals surface area contributed by atoms with E-state index in [2.05, 4.69) is 14.8 Å². The molecule has 0 atom stereocenters. The molecule has 2 rings (SSSR count). The van der Waals surface area contributed by atoms with Crippen LogP contribution in [0.5, 0.6) is 5.75 Å². The molecule has 28 heavy (non-hydrogen) atoms. The van der Waals surface area contributed by atoms with Gasteiger partial charge in [-0.05, 0) is 18.2 Å². The molecule has 1 heterocycles. The van der Waals surface area contributed by atoms with E-state index in [4.69, 9.17) is 5.11 Å². The number of amides is 1.